The number of carboxylic acid groups (broad SMARTS) is 1. The zero-order chi connectivity index (χ0) is 24.2. The first kappa shape index (κ1) is 23.6. The molecule has 1 aliphatic heterocycles. The molecular formula is C30H35N3O2. The summed E-state index contributed by atoms with van der Waals surface area (Å²) in [5, 5.41) is 13.1. The Balaban J connectivity index is 1.29. The molecule has 1 aliphatic carbocycles. The highest BCUT2D eigenvalue weighted by atomic mass is 16.4. The van der Waals surface area contributed by atoms with E-state index in [-0.39, 0.29) is 6.04 Å². The summed E-state index contributed by atoms with van der Waals surface area (Å²) in [6.45, 7) is 0.930. The molecule has 5 heteroatoms. The number of fused-ring (bicyclic) bond motifs is 1. The Bertz CT molecular complexity index is 1170. The quantitative estimate of drug-likeness (QED) is 0.418. The maximum absolute atomic E-state index is 11.5. The van der Waals surface area contributed by atoms with Crippen molar-refractivity contribution in [2.24, 2.45) is 0 Å². The SMILES string of the molecule is CN(c1ccc(C2CCCCC2)cc1)c1ccc2c(c1)CCN[C@@H]2CCc1cnccc1C(=O)O. The lowest BCUT2D eigenvalue weighted by atomic mass is 9.84. The summed E-state index contributed by atoms with van der Waals surface area (Å²) < 4.78 is 0. The summed E-state index contributed by atoms with van der Waals surface area (Å²) in [7, 11) is 2.14. The summed E-state index contributed by atoms with van der Waals surface area (Å²) in [6, 6.07) is 17.8. The highest BCUT2D eigenvalue weighted by Gasteiger charge is 2.22. The van der Waals surface area contributed by atoms with Crippen LogP contribution in [0.2, 0.25) is 0 Å². The van der Waals surface area contributed by atoms with E-state index in [0.717, 1.165) is 30.9 Å². The summed E-state index contributed by atoms with van der Waals surface area (Å²) in [6.07, 6.45) is 12.5. The standard InChI is InChI=1S/C30H35N3O2/c1-33(25-10-7-22(8-11-25)21-5-3-2-4-6-21)26-12-13-27-23(19-26)15-18-32-29(27)14-9-24-20-31-17-16-28(24)30(34)35/h7-8,10-13,16-17,19-21,29,32H,2-6,9,14-15,18H2,1H3,(H,34,35)/t29-/m1/s1. The number of nitrogens with zero attached hydrogens (tertiary/aromatic N) is 2. The summed E-state index contributed by atoms with van der Waals surface area (Å²) >= 11 is 0. The van der Waals surface area contributed by atoms with Gasteiger partial charge in [-0.25, -0.2) is 4.79 Å². The normalized spacial score (nSPS) is 18.1. The first-order valence-electron chi connectivity index (χ1n) is 13.0. The number of aryl methyl sites for hydroxylation is 1. The third-order valence-corrected chi connectivity index (χ3v) is 7.87. The van der Waals surface area contributed by atoms with Crippen LogP contribution < -0.4 is 10.2 Å². The van der Waals surface area contributed by atoms with E-state index in [4.69, 9.17) is 0 Å². The van der Waals surface area contributed by atoms with Crippen molar-refractivity contribution in [3.05, 3.63) is 88.7 Å². The molecule has 182 valence electrons. The lowest BCUT2D eigenvalue weighted by Crippen LogP contribution is -2.30. The molecule has 5 nitrogen and oxygen atoms in total. The van der Waals surface area contributed by atoms with E-state index in [0.29, 0.717) is 12.0 Å². The fourth-order valence-corrected chi connectivity index (χ4v) is 5.80. The van der Waals surface area contributed by atoms with Crippen molar-refractivity contribution in [3.63, 3.8) is 0 Å². The first-order valence-corrected chi connectivity index (χ1v) is 13.0. The molecule has 1 saturated carbocycles. The molecule has 2 aliphatic rings. The van der Waals surface area contributed by atoms with Crippen LogP contribution in [0.1, 0.15) is 83.1 Å². The van der Waals surface area contributed by atoms with Crippen molar-refractivity contribution in [3.8, 4) is 0 Å². The van der Waals surface area contributed by atoms with Crippen LogP contribution in [-0.2, 0) is 12.8 Å². The zero-order valence-corrected chi connectivity index (χ0v) is 20.5. The largest absolute Gasteiger partial charge is 0.478 e. The van der Waals surface area contributed by atoms with Gasteiger partial charge in [0.05, 0.1) is 5.56 Å². The van der Waals surface area contributed by atoms with Crippen LogP contribution in [-0.4, -0.2) is 29.7 Å². The van der Waals surface area contributed by atoms with Gasteiger partial charge in [-0.15, -0.1) is 0 Å². The number of hydrogen-bond acceptors (Lipinski definition) is 4. The molecule has 0 spiro atoms. The van der Waals surface area contributed by atoms with Crippen LogP contribution >= 0.6 is 0 Å². The number of hydrogen-bond donors (Lipinski definition) is 2. The van der Waals surface area contributed by atoms with Gasteiger partial charge in [0.2, 0.25) is 0 Å². The second-order valence-corrected chi connectivity index (χ2v) is 10.0. The number of carboxylic acids is 1. The minimum Gasteiger partial charge on any atom is -0.478 e. The van der Waals surface area contributed by atoms with Crippen LogP contribution in [0.3, 0.4) is 0 Å². The average molecular weight is 470 g/mol. The van der Waals surface area contributed by atoms with Crippen molar-refractivity contribution < 1.29 is 9.90 Å². The van der Waals surface area contributed by atoms with Gasteiger partial charge in [-0.3, -0.25) is 4.98 Å². The topological polar surface area (TPSA) is 65.5 Å². The molecule has 0 unspecified atom stereocenters. The smallest absolute Gasteiger partial charge is 0.336 e. The predicted octanol–water partition coefficient (Wildman–Crippen LogP) is 6.42. The lowest BCUT2D eigenvalue weighted by Gasteiger charge is -2.29. The average Bonchev–Trinajstić information content (AvgIpc) is 2.92. The van der Waals surface area contributed by atoms with Gasteiger partial charge in [-0.1, -0.05) is 37.5 Å². The maximum Gasteiger partial charge on any atom is 0.336 e. The molecule has 0 amide bonds. The highest BCUT2D eigenvalue weighted by Crippen LogP contribution is 2.35. The molecule has 5 rings (SSSR count). The summed E-state index contributed by atoms with van der Waals surface area (Å²) in [4.78, 5) is 18.0. The van der Waals surface area contributed by atoms with E-state index in [1.165, 1.54) is 60.2 Å². The number of carbonyl (C=O) groups is 1. The van der Waals surface area contributed by atoms with Crippen molar-refractivity contribution in [1.29, 1.82) is 0 Å². The molecule has 1 fully saturated rings. The fraction of sp³-hybridized carbons (Fsp3) is 0.400. The zero-order valence-electron chi connectivity index (χ0n) is 20.5. The van der Waals surface area contributed by atoms with Gasteiger partial charge in [0.25, 0.3) is 0 Å². The Morgan fingerprint density at radius 3 is 2.60 bits per heavy atom. The predicted molar refractivity (Wildman–Crippen MR) is 141 cm³/mol. The third kappa shape index (κ3) is 5.25. The van der Waals surface area contributed by atoms with Crippen LogP contribution in [0.15, 0.2) is 60.9 Å². The fourth-order valence-electron chi connectivity index (χ4n) is 5.80. The monoisotopic (exact) mass is 469 g/mol. The molecule has 3 aromatic rings. The molecule has 0 saturated heterocycles. The number of benzene rings is 2. The van der Waals surface area contributed by atoms with E-state index in [1.54, 1.807) is 18.5 Å². The van der Waals surface area contributed by atoms with E-state index in [9.17, 15) is 9.90 Å². The van der Waals surface area contributed by atoms with Crippen molar-refractivity contribution in [2.75, 3.05) is 18.5 Å². The molecule has 2 heterocycles. The molecule has 2 N–H and O–H groups in total. The number of rotatable bonds is 7. The van der Waals surface area contributed by atoms with Gasteiger partial charge >= 0.3 is 5.97 Å². The Labute approximate surface area is 208 Å². The van der Waals surface area contributed by atoms with Crippen molar-refractivity contribution in [1.82, 2.24) is 10.3 Å². The van der Waals surface area contributed by atoms with Gasteiger partial charge in [0.15, 0.2) is 0 Å². The molecule has 2 aromatic carbocycles. The van der Waals surface area contributed by atoms with Crippen molar-refractivity contribution >= 4 is 17.3 Å². The first-order chi connectivity index (χ1) is 17.1. The Morgan fingerprint density at radius 2 is 1.83 bits per heavy atom. The van der Waals surface area contributed by atoms with Gasteiger partial charge in [0.1, 0.15) is 0 Å². The van der Waals surface area contributed by atoms with E-state index < -0.39 is 5.97 Å². The lowest BCUT2D eigenvalue weighted by molar-refractivity contribution is 0.0695. The number of aromatic nitrogens is 1. The van der Waals surface area contributed by atoms with E-state index >= 15 is 0 Å². The van der Waals surface area contributed by atoms with Crippen LogP contribution in [0.4, 0.5) is 11.4 Å². The Morgan fingerprint density at radius 1 is 1.06 bits per heavy atom. The summed E-state index contributed by atoms with van der Waals surface area (Å²) in [5.41, 5.74) is 7.75. The Hall–Kier alpha value is -3.18. The van der Waals surface area contributed by atoms with Gasteiger partial charge in [-0.2, -0.15) is 0 Å². The maximum atomic E-state index is 11.5. The molecule has 0 bridgehead atoms. The van der Waals surface area contributed by atoms with Gasteiger partial charge in [-0.05, 0) is 97.2 Å². The van der Waals surface area contributed by atoms with Crippen LogP contribution in [0.25, 0.3) is 0 Å². The van der Waals surface area contributed by atoms with E-state index in [1.807, 2.05) is 0 Å². The molecule has 0 radical (unpaired) electrons. The number of nitrogens with one attached hydrogen (secondary N) is 1. The minimum absolute atomic E-state index is 0.217. The second kappa shape index (κ2) is 10.6. The van der Waals surface area contributed by atoms with Crippen LogP contribution in [0.5, 0.6) is 0 Å². The summed E-state index contributed by atoms with van der Waals surface area (Å²) in [5.74, 6) is -0.159. The molecule has 1 aromatic heterocycles. The molecular weight excluding hydrogens is 434 g/mol. The highest BCUT2D eigenvalue weighted by molar-refractivity contribution is 5.89. The molecule has 35 heavy (non-hydrogen) atoms. The number of aromatic carboxylic acids is 1. The van der Waals surface area contributed by atoms with E-state index in [2.05, 4.69) is 64.7 Å². The Kier molecular flexibility index (Phi) is 7.14. The third-order valence-electron chi connectivity index (χ3n) is 7.87. The molecule has 1 atom stereocenters. The minimum atomic E-state index is -0.890. The second-order valence-electron chi connectivity index (χ2n) is 10.0. The number of anilines is 2. The van der Waals surface area contributed by atoms with Crippen LogP contribution in [0, 0.1) is 0 Å². The number of pyridine rings is 1. The van der Waals surface area contributed by atoms with Gasteiger partial charge < -0.3 is 15.3 Å². The van der Waals surface area contributed by atoms with Gasteiger partial charge in [0, 0.05) is 36.9 Å². The van der Waals surface area contributed by atoms with Crippen molar-refractivity contribution in [2.45, 2.75) is 63.3 Å².